The molecule has 0 saturated carbocycles. The molecule has 0 radical (unpaired) electrons. The zero-order valence-electron chi connectivity index (χ0n) is 2.70. The van der Waals surface area contributed by atoms with Gasteiger partial charge < -0.3 is 0 Å². The van der Waals surface area contributed by atoms with Gasteiger partial charge >= 0.3 is 51.8 Å². The summed E-state index contributed by atoms with van der Waals surface area (Å²) >= 11 is 0. The molecule has 0 N–H and O–H groups in total. The average molecular weight is 164 g/mol. The fraction of sp³-hybridized carbons (Fsp3) is 0. The first-order chi connectivity index (χ1) is 2.56. The third kappa shape index (κ3) is 5.08. The van der Waals surface area contributed by atoms with Crippen LogP contribution < -0.4 is 0 Å². The van der Waals surface area contributed by atoms with Crippen LogP contribution in [0.5, 0.6) is 0 Å². The Morgan fingerprint density at radius 3 is 1.50 bits per heavy atom. The molecule has 0 fully saturated rings. The first-order valence-electron chi connectivity index (χ1n) is 0.962. The Balaban J connectivity index is 3.45. The van der Waals surface area contributed by atoms with Gasteiger partial charge in [0.15, 0.2) is 0 Å². The minimum absolute atomic E-state index is 2.23. The molecule has 0 heterocycles. The van der Waals surface area contributed by atoms with Crippen LogP contribution in [0.15, 0.2) is 4.30 Å². The zero-order chi connectivity index (χ0) is 5.21. The van der Waals surface area contributed by atoms with E-state index in [4.69, 9.17) is 32.0 Å². The van der Waals surface area contributed by atoms with Gasteiger partial charge in [-0.05, 0) is 0 Å². The van der Waals surface area contributed by atoms with Gasteiger partial charge in [-0.3, -0.25) is 0 Å². The summed E-state index contributed by atoms with van der Waals surface area (Å²) in [7, 11) is 16.1. The van der Waals surface area contributed by atoms with Gasteiger partial charge in [0, 0.05) is 0 Å². The summed E-state index contributed by atoms with van der Waals surface area (Å²) in [6.45, 7) is 0. The Labute approximate surface area is 52.0 Å². The summed E-state index contributed by atoms with van der Waals surface area (Å²) in [6.07, 6.45) is 0. The van der Waals surface area contributed by atoms with E-state index in [1.165, 1.54) is 0 Å². The molecule has 0 aromatic rings. The Morgan fingerprint density at radius 1 is 1.33 bits per heavy atom. The van der Waals surface area contributed by atoms with E-state index >= 15 is 0 Å². The molecule has 0 aliphatic carbocycles. The number of halogens is 3. The molecule has 0 amide bonds. The maximum absolute atomic E-state index is 5.10. The van der Waals surface area contributed by atoms with Crippen LogP contribution in [0.3, 0.4) is 0 Å². The molecule has 0 spiro atoms. The van der Waals surface area contributed by atoms with Gasteiger partial charge in [-0.1, -0.05) is 0 Å². The first-order valence-corrected chi connectivity index (χ1v) is 5.03. The number of nitrogens with zero attached hydrogens (tertiary/aromatic N) is 1. The van der Waals surface area contributed by atoms with E-state index in [1.807, 2.05) is 0 Å². The van der Waals surface area contributed by atoms with E-state index in [2.05, 4.69) is 11.9 Å². The van der Waals surface area contributed by atoms with Gasteiger partial charge in [-0.2, -0.15) is 0 Å². The molecule has 0 aromatic carbocycles. The quantitative estimate of drug-likeness (QED) is 0.527. The van der Waals surface area contributed by atoms with E-state index in [9.17, 15) is 0 Å². The van der Waals surface area contributed by atoms with Crippen molar-refractivity contribution < 1.29 is 0 Å². The fourth-order valence-electron chi connectivity index (χ4n) is 0. The van der Waals surface area contributed by atoms with Crippen molar-refractivity contribution >= 4 is 47.5 Å². The van der Waals surface area contributed by atoms with Crippen molar-refractivity contribution in [3.8, 4) is 0 Å². The van der Waals surface area contributed by atoms with Crippen LogP contribution in [-0.4, -0.2) is 7.64 Å². The summed E-state index contributed by atoms with van der Waals surface area (Å²) in [4.78, 5) is 0. The van der Waals surface area contributed by atoms with Crippen molar-refractivity contribution in [2.45, 2.75) is 0 Å². The average Bonchev–Trinajstić information content (AvgIpc) is 1.35. The zero-order valence-corrected chi connectivity index (χ0v) is 5.78. The normalized spacial score (nSPS) is 13.7. The van der Waals surface area contributed by atoms with Crippen molar-refractivity contribution in [3.05, 3.63) is 0 Å². The molecular formula is HBCl3NS. The predicted molar refractivity (Wildman–Crippen MR) is 34.7 cm³/mol. The van der Waals surface area contributed by atoms with E-state index in [0.717, 1.165) is 0 Å². The standard InChI is InChI=1S/BCl3HNS/c1-5-6(2,3)4/h1H. The third-order valence-electron chi connectivity index (χ3n) is 0.146. The van der Waals surface area contributed by atoms with Crippen molar-refractivity contribution in [1.29, 1.82) is 0 Å². The first kappa shape index (κ1) is 7.08. The Morgan fingerprint density at radius 2 is 1.50 bits per heavy atom. The van der Waals surface area contributed by atoms with Gasteiger partial charge in [-0.25, -0.2) is 0 Å². The summed E-state index contributed by atoms with van der Waals surface area (Å²) in [5.74, 6) is 0. The Kier molecular flexibility index (Phi) is 2.84. The van der Waals surface area contributed by atoms with Gasteiger partial charge in [-0.15, -0.1) is 0 Å². The Hall–Kier alpha value is 1.08. The topological polar surface area (TPSA) is 12.4 Å². The molecule has 1 nitrogen and oxygen atoms in total. The van der Waals surface area contributed by atoms with Crippen molar-refractivity contribution in [2.75, 3.05) is 0 Å². The second-order valence-electron chi connectivity index (χ2n) is 0.511. The van der Waals surface area contributed by atoms with Crippen molar-refractivity contribution in [3.63, 3.8) is 0 Å². The molecule has 0 atom stereocenters. The SMILES string of the molecule is B=NS(Cl)(Cl)Cl. The van der Waals surface area contributed by atoms with Crippen LogP contribution in [0.4, 0.5) is 0 Å². The van der Waals surface area contributed by atoms with Crippen molar-refractivity contribution in [2.24, 2.45) is 4.30 Å². The fourth-order valence-corrected chi connectivity index (χ4v) is 0. The maximum atomic E-state index is 5.10. The second-order valence-corrected chi connectivity index (χ2v) is 6.97. The van der Waals surface area contributed by atoms with E-state index < -0.39 is 7.85 Å². The predicted octanol–water partition coefficient (Wildman–Crippen LogP) is 2.25. The second kappa shape index (κ2) is 2.41. The number of hydrogen-bond acceptors (Lipinski definition) is 1. The van der Waals surface area contributed by atoms with Crippen LogP contribution in [0.25, 0.3) is 0 Å². The molecule has 0 aliphatic heterocycles. The van der Waals surface area contributed by atoms with Crippen LogP contribution in [0.2, 0.25) is 0 Å². The molecule has 0 aromatic heterocycles. The summed E-state index contributed by atoms with van der Waals surface area (Å²) in [5.41, 5.74) is 0. The number of rotatable bonds is 1. The molecule has 0 aliphatic rings. The molecule has 0 saturated heterocycles. The Bertz CT molecular complexity index is 56.3. The minimum atomic E-state index is -2.23. The molecule has 6 heteroatoms. The molecule has 0 rings (SSSR count). The molecular weight excluding hydrogens is 163 g/mol. The summed E-state index contributed by atoms with van der Waals surface area (Å²) in [5, 5.41) is 0. The molecule has 36 valence electrons. The molecule has 0 bridgehead atoms. The summed E-state index contributed by atoms with van der Waals surface area (Å²) < 4.78 is 3.15. The van der Waals surface area contributed by atoms with Gasteiger partial charge in [0.2, 0.25) is 0 Å². The summed E-state index contributed by atoms with van der Waals surface area (Å²) in [6, 6.07) is 0. The van der Waals surface area contributed by atoms with Gasteiger partial charge in [0.05, 0.1) is 0 Å². The van der Waals surface area contributed by atoms with E-state index in [0.29, 0.717) is 0 Å². The molecule has 6 heavy (non-hydrogen) atoms. The van der Waals surface area contributed by atoms with Crippen molar-refractivity contribution in [1.82, 2.24) is 0 Å². The van der Waals surface area contributed by atoms with E-state index in [1.54, 1.807) is 0 Å². The third-order valence-corrected chi connectivity index (χ3v) is 1.32. The van der Waals surface area contributed by atoms with Crippen LogP contribution >= 0.6 is 39.9 Å². The van der Waals surface area contributed by atoms with Gasteiger partial charge in [0.25, 0.3) is 0 Å². The van der Waals surface area contributed by atoms with Gasteiger partial charge in [0.1, 0.15) is 0 Å². The van der Waals surface area contributed by atoms with E-state index in [-0.39, 0.29) is 0 Å². The molecule has 0 unspecified atom stereocenters. The monoisotopic (exact) mass is 163 g/mol. The van der Waals surface area contributed by atoms with Crippen LogP contribution in [-0.2, 0) is 0 Å². The number of hydrogen-bond donors (Lipinski definition) is 0. The van der Waals surface area contributed by atoms with Crippen LogP contribution in [0, 0.1) is 0 Å². The van der Waals surface area contributed by atoms with Crippen LogP contribution in [0.1, 0.15) is 0 Å².